The number of rotatable bonds is 21. The van der Waals surface area contributed by atoms with Crippen molar-refractivity contribution in [3.63, 3.8) is 0 Å². The zero-order valence-corrected chi connectivity index (χ0v) is 50.1. The molecule has 1 heterocycles. The second-order valence-electron chi connectivity index (χ2n) is 17.7. The second kappa shape index (κ2) is 40.6. The fourth-order valence-electron chi connectivity index (χ4n) is 6.88. The number of aromatic nitrogens is 1. The van der Waals surface area contributed by atoms with Crippen molar-refractivity contribution in [2.45, 2.75) is 50.4 Å². The van der Waals surface area contributed by atoms with Crippen LogP contribution >= 0.6 is 35.2 Å². The molecule has 0 fully saturated rings. The Morgan fingerprint density at radius 3 is 1.45 bits per heavy atom. The van der Waals surface area contributed by atoms with Gasteiger partial charge in [-0.3, -0.25) is 15.2 Å². The summed E-state index contributed by atoms with van der Waals surface area (Å²) < 4.78 is 20.2. The summed E-state index contributed by atoms with van der Waals surface area (Å²) in [5.41, 5.74) is 13.3. The molecule has 0 radical (unpaired) electrons. The van der Waals surface area contributed by atoms with Crippen LogP contribution in [0.2, 0.25) is 0 Å². The molecule has 1 atom stereocenters. The number of nitrogens with one attached hydrogen (secondary N) is 1. The number of hydrogen-bond donors (Lipinski definition) is 9. The minimum absolute atomic E-state index is 0.00286. The maximum Gasteiger partial charge on any atom is 0.184 e. The van der Waals surface area contributed by atoms with Crippen molar-refractivity contribution < 1.29 is 69.1 Å². The van der Waals surface area contributed by atoms with Crippen molar-refractivity contribution in [1.29, 1.82) is 0 Å². The van der Waals surface area contributed by atoms with Crippen LogP contribution in [0.4, 0.5) is 0 Å². The minimum atomic E-state index is -0.437. The van der Waals surface area contributed by atoms with E-state index in [2.05, 4.69) is 32.7 Å². The van der Waals surface area contributed by atoms with Crippen LogP contribution in [-0.2, 0) is 41.8 Å². The van der Waals surface area contributed by atoms with Crippen LogP contribution in [0.15, 0.2) is 168 Å². The number of aliphatic hydroxyl groups is 1. The van der Waals surface area contributed by atoms with E-state index < -0.39 is 5.38 Å². The molecule has 7 aromatic carbocycles. The third-order valence-corrected chi connectivity index (χ3v) is 12.7. The third-order valence-electron chi connectivity index (χ3n) is 11.4. The number of hydrogen-bond acceptors (Lipinski definition) is 19. The highest BCUT2D eigenvalue weighted by molar-refractivity contribution is 7.80. The number of benzene rings is 7. The van der Waals surface area contributed by atoms with E-state index >= 15 is 0 Å². The Morgan fingerprint density at radius 2 is 1.05 bits per heavy atom. The van der Waals surface area contributed by atoms with Gasteiger partial charge in [0.05, 0.1) is 52.1 Å². The Bertz CT molecular complexity index is 3330. The number of hydrazone groups is 1. The number of aldehydes is 3. The van der Waals surface area contributed by atoms with Crippen molar-refractivity contribution in [2.24, 2.45) is 15.8 Å². The lowest BCUT2D eigenvalue weighted by Crippen LogP contribution is -2.23. The Balaban J connectivity index is 0.000000280. The number of aliphatic imine (C=N–C) groups is 1. The van der Waals surface area contributed by atoms with E-state index in [9.17, 15) is 29.7 Å². The molecule has 0 spiro atoms. The summed E-state index contributed by atoms with van der Waals surface area (Å²) >= 11 is 11.8. The van der Waals surface area contributed by atoms with E-state index in [1.807, 2.05) is 103 Å². The second-order valence-corrected chi connectivity index (χ2v) is 19.9. The van der Waals surface area contributed by atoms with Gasteiger partial charge in [-0.2, -0.15) is 5.10 Å². The summed E-state index contributed by atoms with van der Waals surface area (Å²) in [5, 5.41) is 67.7. The molecule has 10 N–H and O–H groups in total. The summed E-state index contributed by atoms with van der Waals surface area (Å²) in [6.07, 6.45) is 11.5. The molecular formula is C64H70ClN5O14S2. The normalized spacial score (nSPS) is 10.5. The topological polar surface area (TPSA) is 305 Å². The molecule has 22 heteroatoms. The number of aryl methyl sites for hydroxylation is 2. The fourth-order valence-corrected chi connectivity index (χ4v) is 8.00. The quantitative estimate of drug-likeness (QED) is 0.0106. The van der Waals surface area contributed by atoms with Gasteiger partial charge < -0.3 is 70.0 Å². The number of methoxy groups -OCH3 is 4. The van der Waals surface area contributed by atoms with Gasteiger partial charge in [0, 0.05) is 66.1 Å². The van der Waals surface area contributed by atoms with Crippen LogP contribution < -0.4 is 30.1 Å². The molecule has 0 aliphatic carbocycles. The Morgan fingerprint density at radius 1 is 0.616 bits per heavy atom. The zero-order valence-electron chi connectivity index (χ0n) is 47.7. The first-order chi connectivity index (χ1) is 41.4. The maximum atomic E-state index is 10.3. The number of halogens is 1. The van der Waals surface area contributed by atoms with Crippen molar-refractivity contribution in [3.8, 4) is 57.5 Å². The number of phenols is 6. The molecule has 19 nitrogen and oxygen atoms in total. The molecule has 0 aliphatic heterocycles. The summed E-state index contributed by atoms with van der Waals surface area (Å²) in [6.45, 7) is 0.708. The number of aromatic hydroxyl groups is 6. The number of aliphatic hydroxyl groups excluding tert-OH is 1. The number of ether oxygens (including phenoxy) is 4. The van der Waals surface area contributed by atoms with E-state index in [1.165, 1.54) is 70.2 Å². The number of carbonyl (C=O) groups excluding carboxylic acids is 3. The predicted octanol–water partition coefficient (Wildman–Crippen LogP) is 10.4. The van der Waals surface area contributed by atoms with Gasteiger partial charge in [0.25, 0.3) is 0 Å². The van der Waals surface area contributed by atoms with Crippen LogP contribution in [0.3, 0.4) is 0 Å². The molecule has 8 rings (SSSR count). The largest absolute Gasteiger partial charge is 0.508 e. The SMILES string of the molecule is COc1ccc(CC(Cl)C=O)cc1.COc1ccc(CCC=O)cc1.COc1ccc(CCCO)cc1.COc1ccc(Cc2cnc(CN=Cc3ccc(O)cc3O)s2)cc1.NC(=S)N/N=C/c1ccc(O)cc1O.O=Cc1ccc(O)cc1O. The van der Waals surface area contributed by atoms with Gasteiger partial charge in [0.2, 0.25) is 0 Å². The molecule has 1 aromatic heterocycles. The highest BCUT2D eigenvalue weighted by Crippen LogP contribution is 2.24. The molecule has 1 unspecified atom stereocenters. The van der Waals surface area contributed by atoms with E-state index in [0.717, 1.165) is 77.9 Å². The van der Waals surface area contributed by atoms with Gasteiger partial charge >= 0.3 is 0 Å². The summed E-state index contributed by atoms with van der Waals surface area (Å²) in [5.74, 6) is 3.08. The van der Waals surface area contributed by atoms with Gasteiger partial charge in [-0.15, -0.1) is 22.9 Å². The van der Waals surface area contributed by atoms with Crippen LogP contribution in [0.25, 0.3) is 0 Å². The Labute approximate surface area is 513 Å². The molecule has 454 valence electrons. The van der Waals surface area contributed by atoms with Gasteiger partial charge in [-0.25, -0.2) is 4.98 Å². The van der Waals surface area contributed by atoms with Crippen molar-refractivity contribution in [2.75, 3.05) is 35.0 Å². The highest BCUT2D eigenvalue weighted by atomic mass is 35.5. The molecule has 0 amide bonds. The van der Waals surface area contributed by atoms with Crippen LogP contribution in [0.1, 0.15) is 66.5 Å². The van der Waals surface area contributed by atoms with E-state index in [4.69, 9.17) is 56.7 Å². The lowest BCUT2D eigenvalue weighted by atomic mass is 10.1. The van der Waals surface area contributed by atoms with Crippen LogP contribution in [0, 0.1) is 0 Å². The van der Waals surface area contributed by atoms with Crippen molar-refractivity contribution in [3.05, 3.63) is 207 Å². The predicted molar refractivity (Wildman–Crippen MR) is 340 cm³/mol. The van der Waals surface area contributed by atoms with E-state index in [0.29, 0.717) is 36.8 Å². The standard InChI is InChI=1S/C19H18N2O3S.C10H11ClO2.C10H14O2.C10H12O2.C8H9N3O2S.C7H6O3/c1-24-16-6-2-13(3-7-16)8-17-11-21-19(25-17)12-20-10-14-4-5-15(22)9-18(14)23;1-13-10-4-2-8(3-5-10)6-9(11)7-12;2*1-12-10-6-4-9(5-7-10)3-2-8-11;9-8(14)11-10-4-5-1-2-6(12)3-7(5)13;8-4-5-1-2-6(9)3-7(5)10/h2-7,9-11,22-23H,8,12H2,1H3;2-5,7,9H,6H2,1H3;4-7,11H,2-3,8H2,1H3;4-8H,2-3H2,1H3;1-4,12-13H,(H3,9,11,14);1-4,9-10H/b;;;;10-4+;. The van der Waals surface area contributed by atoms with Gasteiger partial charge in [-0.1, -0.05) is 48.5 Å². The smallest absolute Gasteiger partial charge is 0.184 e. The molecule has 0 saturated heterocycles. The zero-order chi connectivity index (χ0) is 63.1. The molecule has 0 aliphatic rings. The molecule has 8 aromatic rings. The first-order valence-corrected chi connectivity index (χ1v) is 27.8. The number of phenolic OH excluding ortho intramolecular Hbond substituents is 6. The average molecular weight is 1230 g/mol. The molecule has 0 bridgehead atoms. The lowest BCUT2D eigenvalue weighted by molar-refractivity contribution is -0.108. The van der Waals surface area contributed by atoms with Gasteiger partial charge in [0.1, 0.15) is 75.1 Å². The number of nitrogens with two attached hydrogens (primary N) is 1. The number of thiazole rings is 1. The summed E-state index contributed by atoms with van der Waals surface area (Å²) in [4.78, 5) is 40.3. The average Bonchev–Trinajstić information content (AvgIpc) is 4.12. The van der Waals surface area contributed by atoms with Gasteiger partial charge in [-0.05, 0) is 145 Å². The number of carbonyl (C=O) groups is 3. The van der Waals surface area contributed by atoms with Crippen molar-refractivity contribution in [1.82, 2.24) is 10.4 Å². The van der Waals surface area contributed by atoms with Gasteiger partial charge in [0.15, 0.2) is 11.4 Å². The van der Waals surface area contributed by atoms with E-state index in [-0.39, 0.29) is 51.8 Å². The Hall–Kier alpha value is -9.54. The molecule has 0 saturated carbocycles. The fraction of sp³-hybridized carbons (Fsp3) is 0.203. The Kier molecular flexibility index (Phi) is 33.4. The van der Waals surface area contributed by atoms with Crippen molar-refractivity contribution >= 4 is 71.6 Å². The van der Waals surface area contributed by atoms with Crippen LogP contribution in [0.5, 0.6) is 57.5 Å². The highest BCUT2D eigenvalue weighted by Gasteiger charge is 2.06. The lowest BCUT2D eigenvalue weighted by Gasteiger charge is -2.03. The molecular weight excluding hydrogens is 1160 g/mol. The van der Waals surface area contributed by atoms with Crippen LogP contribution in [-0.4, -0.2) is 118 Å². The maximum absolute atomic E-state index is 10.3. The number of alkyl halides is 1. The molecule has 86 heavy (non-hydrogen) atoms. The third kappa shape index (κ3) is 28.6. The monoisotopic (exact) mass is 1230 g/mol. The minimum Gasteiger partial charge on any atom is -0.508 e. The summed E-state index contributed by atoms with van der Waals surface area (Å²) in [7, 11) is 6.57. The number of nitrogens with zero attached hydrogens (tertiary/aromatic N) is 3. The first kappa shape index (κ1) is 70.7. The first-order valence-electron chi connectivity index (χ1n) is 26.1. The summed E-state index contributed by atoms with van der Waals surface area (Å²) in [6, 6.07) is 43.5. The van der Waals surface area contributed by atoms with E-state index in [1.54, 1.807) is 52.1 Å². The number of thiocarbonyl (C=S) groups is 1.